The number of methoxy groups -OCH3 is 1. The molecule has 26 heavy (non-hydrogen) atoms. The fraction of sp³-hybridized carbons (Fsp3) is 0.143. The van der Waals surface area contributed by atoms with E-state index in [-0.39, 0.29) is 28.7 Å². The standard InChI is InChI=1S/C21H12O5/c1-26-14-8-13(24)19-15-9-4-2-3-5-10(9)16(20(19)21(14)25)18-12(23)7-6-11(22)17(15)18/h2-8,15-16H,1H3. The highest BCUT2D eigenvalue weighted by molar-refractivity contribution is 6.30. The van der Waals surface area contributed by atoms with Crippen LogP contribution in [0.4, 0.5) is 0 Å². The molecule has 2 atom stereocenters. The molecule has 5 heteroatoms. The van der Waals surface area contributed by atoms with Crippen molar-refractivity contribution in [2.45, 2.75) is 11.8 Å². The smallest absolute Gasteiger partial charge is 0.225 e. The summed E-state index contributed by atoms with van der Waals surface area (Å²) in [6.45, 7) is 0. The van der Waals surface area contributed by atoms with Crippen LogP contribution in [0.2, 0.25) is 0 Å². The molecule has 0 heterocycles. The first-order chi connectivity index (χ1) is 12.5. The van der Waals surface area contributed by atoms with Gasteiger partial charge in [0.1, 0.15) is 0 Å². The van der Waals surface area contributed by atoms with E-state index >= 15 is 0 Å². The van der Waals surface area contributed by atoms with Crippen LogP contribution in [0.5, 0.6) is 0 Å². The highest BCUT2D eigenvalue weighted by Gasteiger charge is 2.53. The molecule has 0 N–H and O–H groups in total. The SMILES string of the molecule is COC1=CC(=O)C2=C(C1=O)C1C3=C(C(=O)C=CC3=O)C2c2ccccc21. The van der Waals surface area contributed by atoms with Crippen molar-refractivity contribution in [2.75, 3.05) is 7.11 Å². The summed E-state index contributed by atoms with van der Waals surface area (Å²) in [5.74, 6) is -2.74. The largest absolute Gasteiger partial charge is 0.493 e. The van der Waals surface area contributed by atoms with Crippen LogP contribution in [0.3, 0.4) is 0 Å². The molecule has 2 bridgehead atoms. The van der Waals surface area contributed by atoms with Gasteiger partial charge in [0.05, 0.1) is 7.11 Å². The zero-order valence-electron chi connectivity index (χ0n) is 13.7. The van der Waals surface area contributed by atoms with E-state index in [0.717, 1.165) is 11.1 Å². The van der Waals surface area contributed by atoms with Crippen LogP contribution in [0.25, 0.3) is 0 Å². The van der Waals surface area contributed by atoms with Crippen molar-refractivity contribution in [2.24, 2.45) is 0 Å². The summed E-state index contributed by atoms with van der Waals surface area (Å²) in [5, 5.41) is 0. The number of hydrogen-bond acceptors (Lipinski definition) is 5. The summed E-state index contributed by atoms with van der Waals surface area (Å²) < 4.78 is 5.08. The fourth-order valence-electron chi connectivity index (χ4n) is 4.53. The molecule has 1 aromatic rings. The van der Waals surface area contributed by atoms with Crippen molar-refractivity contribution in [3.63, 3.8) is 0 Å². The van der Waals surface area contributed by atoms with E-state index in [1.807, 2.05) is 24.3 Å². The third kappa shape index (κ3) is 1.60. The van der Waals surface area contributed by atoms with E-state index < -0.39 is 17.6 Å². The maximum absolute atomic E-state index is 13.0. The van der Waals surface area contributed by atoms with Crippen LogP contribution >= 0.6 is 0 Å². The number of benzene rings is 1. The van der Waals surface area contributed by atoms with E-state index in [9.17, 15) is 19.2 Å². The summed E-state index contributed by atoms with van der Waals surface area (Å²) in [7, 11) is 1.33. The molecular weight excluding hydrogens is 332 g/mol. The molecule has 126 valence electrons. The van der Waals surface area contributed by atoms with E-state index in [2.05, 4.69) is 0 Å². The first-order valence-electron chi connectivity index (χ1n) is 8.23. The Bertz CT molecular complexity index is 1090. The number of carbonyl (C=O) groups is 4. The number of rotatable bonds is 1. The lowest BCUT2D eigenvalue weighted by Crippen LogP contribution is -2.41. The Kier molecular flexibility index (Phi) is 2.79. The lowest BCUT2D eigenvalue weighted by molar-refractivity contribution is -0.119. The maximum Gasteiger partial charge on any atom is 0.225 e. The van der Waals surface area contributed by atoms with Crippen molar-refractivity contribution < 1.29 is 23.9 Å². The van der Waals surface area contributed by atoms with Gasteiger partial charge in [-0.1, -0.05) is 24.3 Å². The monoisotopic (exact) mass is 344 g/mol. The second-order valence-electron chi connectivity index (χ2n) is 6.62. The van der Waals surface area contributed by atoms with Crippen molar-refractivity contribution in [3.05, 3.63) is 81.7 Å². The number of allylic oxidation sites excluding steroid dienone is 7. The van der Waals surface area contributed by atoms with Gasteiger partial charge in [-0.05, 0) is 23.3 Å². The molecule has 0 aromatic heterocycles. The van der Waals surface area contributed by atoms with Gasteiger partial charge < -0.3 is 4.74 Å². The molecule has 0 radical (unpaired) electrons. The Morgan fingerprint density at radius 3 is 1.77 bits per heavy atom. The molecule has 5 aliphatic rings. The average Bonchev–Trinajstić information content (AvgIpc) is 2.66. The summed E-state index contributed by atoms with van der Waals surface area (Å²) in [5.41, 5.74) is 2.82. The van der Waals surface area contributed by atoms with Gasteiger partial charge in [-0.15, -0.1) is 0 Å². The molecule has 1 aromatic carbocycles. The van der Waals surface area contributed by atoms with E-state index in [4.69, 9.17) is 4.74 Å². The van der Waals surface area contributed by atoms with Crippen LogP contribution in [0.1, 0.15) is 23.0 Å². The van der Waals surface area contributed by atoms with Crippen LogP contribution in [0.15, 0.2) is 70.5 Å². The van der Waals surface area contributed by atoms with Gasteiger partial charge in [-0.2, -0.15) is 0 Å². The zero-order chi connectivity index (χ0) is 18.2. The highest BCUT2D eigenvalue weighted by atomic mass is 16.5. The van der Waals surface area contributed by atoms with Crippen molar-refractivity contribution in [1.29, 1.82) is 0 Å². The zero-order valence-corrected chi connectivity index (χ0v) is 13.7. The lowest BCUT2D eigenvalue weighted by Gasteiger charge is -2.44. The van der Waals surface area contributed by atoms with Crippen molar-refractivity contribution >= 4 is 23.1 Å². The normalized spacial score (nSPS) is 26.0. The average molecular weight is 344 g/mol. The fourth-order valence-corrected chi connectivity index (χ4v) is 4.53. The van der Waals surface area contributed by atoms with Gasteiger partial charge in [-0.25, -0.2) is 0 Å². The minimum atomic E-state index is -0.710. The molecule has 0 fully saturated rings. The Labute approximate surface area is 148 Å². The Balaban J connectivity index is 1.85. The molecule has 0 aliphatic heterocycles. The number of ether oxygens (including phenoxy) is 1. The third-order valence-electron chi connectivity index (χ3n) is 5.49. The van der Waals surface area contributed by atoms with Gasteiger partial charge in [0.25, 0.3) is 0 Å². The number of carbonyl (C=O) groups excluding carboxylic acids is 4. The van der Waals surface area contributed by atoms with Gasteiger partial charge >= 0.3 is 0 Å². The van der Waals surface area contributed by atoms with Crippen LogP contribution in [0, 0.1) is 0 Å². The minimum absolute atomic E-state index is 0.0361. The predicted molar refractivity (Wildman–Crippen MR) is 90.2 cm³/mol. The molecular formula is C21H12O5. The maximum atomic E-state index is 13.0. The van der Waals surface area contributed by atoms with Crippen molar-refractivity contribution in [1.82, 2.24) is 0 Å². The van der Waals surface area contributed by atoms with Gasteiger partial charge in [0.15, 0.2) is 23.1 Å². The van der Waals surface area contributed by atoms with Crippen LogP contribution in [-0.2, 0) is 23.9 Å². The van der Waals surface area contributed by atoms with E-state index in [1.165, 1.54) is 25.3 Å². The molecule has 0 amide bonds. The predicted octanol–water partition coefficient (Wildman–Crippen LogP) is 1.86. The van der Waals surface area contributed by atoms with Crippen LogP contribution in [-0.4, -0.2) is 30.2 Å². The molecule has 5 aliphatic carbocycles. The summed E-state index contributed by atoms with van der Waals surface area (Å²) in [6.07, 6.45) is 3.67. The highest BCUT2D eigenvalue weighted by Crippen LogP contribution is 2.58. The Morgan fingerprint density at radius 2 is 1.23 bits per heavy atom. The molecule has 6 rings (SSSR count). The Morgan fingerprint density at radius 1 is 0.731 bits per heavy atom. The Hall–Kier alpha value is -3.34. The molecule has 0 saturated carbocycles. The minimum Gasteiger partial charge on any atom is -0.493 e. The van der Waals surface area contributed by atoms with Crippen LogP contribution < -0.4 is 0 Å². The second-order valence-corrected chi connectivity index (χ2v) is 6.62. The van der Waals surface area contributed by atoms with E-state index in [1.54, 1.807) is 0 Å². The summed E-state index contributed by atoms with van der Waals surface area (Å²) in [6, 6.07) is 7.35. The molecule has 5 nitrogen and oxygen atoms in total. The van der Waals surface area contributed by atoms with Gasteiger partial charge in [-0.3, -0.25) is 19.2 Å². The number of hydrogen-bond donors (Lipinski definition) is 0. The third-order valence-corrected chi connectivity index (χ3v) is 5.49. The number of ketones is 4. The molecule has 2 unspecified atom stereocenters. The summed E-state index contributed by atoms with van der Waals surface area (Å²) in [4.78, 5) is 51.0. The quantitative estimate of drug-likeness (QED) is 0.727. The second kappa shape index (κ2) is 4.85. The lowest BCUT2D eigenvalue weighted by atomic mass is 9.56. The first-order valence-corrected chi connectivity index (χ1v) is 8.23. The summed E-state index contributed by atoms with van der Waals surface area (Å²) >= 11 is 0. The van der Waals surface area contributed by atoms with E-state index in [0.29, 0.717) is 16.7 Å². The topological polar surface area (TPSA) is 77.5 Å². The molecule has 0 spiro atoms. The van der Waals surface area contributed by atoms with Gasteiger partial charge in [0.2, 0.25) is 5.78 Å². The van der Waals surface area contributed by atoms with Gasteiger partial charge in [0, 0.05) is 40.2 Å². The first kappa shape index (κ1) is 15.0. The molecule has 0 saturated heterocycles. The number of Topliss-reactive ketones (excluding diaryl/α,β-unsaturated/α-hetero) is 1. The van der Waals surface area contributed by atoms with Crippen molar-refractivity contribution in [3.8, 4) is 0 Å².